The van der Waals surface area contributed by atoms with Gasteiger partial charge in [-0.25, -0.2) is 9.78 Å². The van der Waals surface area contributed by atoms with E-state index >= 15 is 0 Å². The predicted octanol–water partition coefficient (Wildman–Crippen LogP) is 3.32. The molecule has 3 N–H and O–H groups in total. The van der Waals surface area contributed by atoms with E-state index in [1.807, 2.05) is 19.9 Å². The maximum atomic E-state index is 11.9. The van der Waals surface area contributed by atoms with Crippen LogP contribution in [0, 0.1) is 5.92 Å². The molecule has 0 aliphatic heterocycles. The van der Waals surface area contributed by atoms with Gasteiger partial charge in [-0.3, -0.25) is 0 Å². The molecule has 1 aromatic carbocycles. The van der Waals surface area contributed by atoms with Crippen molar-refractivity contribution >= 4 is 23.4 Å². The number of hydrogen-bond acceptors (Lipinski definition) is 8. The predicted molar refractivity (Wildman–Crippen MR) is 111 cm³/mol. The van der Waals surface area contributed by atoms with Gasteiger partial charge in [0.15, 0.2) is 0 Å². The third-order valence-corrected chi connectivity index (χ3v) is 4.94. The summed E-state index contributed by atoms with van der Waals surface area (Å²) in [5.74, 6) is 1.85. The fourth-order valence-corrected chi connectivity index (χ4v) is 2.96. The number of carbonyl (C=O) groups excluding carboxylic acids is 1. The van der Waals surface area contributed by atoms with Crippen LogP contribution >= 0.6 is 0 Å². The largest absolute Gasteiger partial charge is 0.495 e. The molecular formula is C21H28N4O4. The summed E-state index contributed by atoms with van der Waals surface area (Å²) in [6.07, 6.45) is 2.20. The van der Waals surface area contributed by atoms with Gasteiger partial charge in [-0.2, -0.15) is 4.98 Å². The Morgan fingerprint density at radius 2 is 2.00 bits per heavy atom. The van der Waals surface area contributed by atoms with Gasteiger partial charge in [0.05, 0.1) is 43.8 Å². The van der Waals surface area contributed by atoms with E-state index in [1.165, 1.54) is 7.11 Å². The van der Waals surface area contributed by atoms with Crippen molar-refractivity contribution in [3.8, 4) is 5.75 Å². The van der Waals surface area contributed by atoms with Gasteiger partial charge in [0.1, 0.15) is 11.6 Å². The summed E-state index contributed by atoms with van der Waals surface area (Å²) in [7, 11) is 2.91. The third-order valence-electron chi connectivity index (χ3n) is 4.94. The van der Waals surface area contributed by atoms with Crippen LogP contribution in [0.1, 0.15) is 48.7 Å². The molecule has 0 saturated heterocycles. The van der Waals surface area contributed by atoms with E-state index in [4.69, 9.17) is 9.47 Å². The Morgan fingerprint density at radius 1 is 1.24 bits per heavy atom. The maximum Gasteiger partial charge on any atom is 0.337 e. The minimum Gasteiger partial charge on any atom is -0.495 e. The molecule has 8 heteroatoms. The summed E-state index contributed by atoms with van der Waals surface area (Å²) in [6, 6.07) is 6.79. The number of aromatic nitrogens is 2. The molecule has 29 heavy (non-hydrogen) atoms. The van der Waals surface area contributed by atoms with Gasteiger partial charge in [0, 0.05) is 12.0 Å². The molecule has 0 unspecified atom stereocenters. The molecule has 1 aromatic heterocycles. The molecule has 1 atom stereocenters. The number of nitrogens with zero attached hydrogens (tertiary/aromatic N) is 2. The number of aliphatic hydroxyl groups excluding tert-OH is 1. The summed E-state index contributed by atoms with van der Waals surface area (Å²) < 4.78 is 10.2. The van der Waals surface area contributed by atoms with Crippen LogP contribution in [-0.2, 0) is 4.74 Å². The summed E-state index contributed by atoms with van der Waals surface area (Å²) in [4.78, 5) is 21.1. The molecule has 2 aromatic rings. The van der Waals surface area contributed by atoms with Crippen molar-refractivity contribution in [1.29, 1.82) is 0 Å². The molecule has 0 amide bonds. The highest BCUT2D eigenvalue weighted by molar-refractivity contribution is 5.91. The molecule has 1 aliphatic carbocycles. The topological polar surface area (TPSA) is 106 Å². The number of methoxy groups -OCH3 is 2. The Morgan fingerprint density at radius 3 is 2.59 bits per heavy atom. The first-order valence-electron chi connectivity index (χ1n) is 9.75. The van der Waals surface area contributed by atoms with Crippen molar-refractivity contribution in [3.63, 3.8) is 0 Å². The quantitative estimate of drug-likeness (QED) is 0.551. The number of nitrogens with one attached hydrogen (secondary N) is 2. The Balaban J connectivity index is 1.93. The number of ether oxygens (including phenoxy) is 2. The molecule has 0 spiro atoms. The third kappa shape index (κ3) is 5.14. The number of rotatable bonds is 9. The lowest BCUT2D eigenvalue weighted by Gasteiger charge is -2.21. The first-order chi connectivity index (χ1) is 13.9. The minimum absolute atomic E-state index is 0.00750. The molecule has 1 fully saturated rings. The zero-order valence-corrected chi connectivity index (χ0v) is 17.2. The van der Waals surface area contributed by atoms with Gasteiger partial charge in [-0.1, -0.05) is 13.8 Å². The van der Waals surface area contributed by atoms with Crippen molar-refractivity contribution in [2.75, 3.05) is 31.5 Å². The van der Waals surface area contributed by atoms with E-state index < -0.39 is 5.97 Å². The van der Waals surface area contributed by atoms with Crippen molar-refractivity contribution in [2.45, 2.75) is 38.6 Å². The van der Waals surface area contributed by atoms with E-state index in [1.54, 1.807) is 25.3 Å². The van der Waals surface area contributed by atoms with Crippen LogP contribution in [0.5, 0.6) is 5.75 Å². The SMILES string of the molecule is COC(=O)c1ccc(OC)c(Nc2cc(C3CC3)nc(N[C@H](CO)C(C)C)n2)c1. The summed E-state index contributed by atoms with van der Waals surface area (Å²) >= 11 is 0. The first kappa shape index (κ1) is 20.9. The first-order valence-corrected chi connectivity index (χ1v) is 9.75. The summed E-state index contributed by atoms with van der Waals surface area (Å²) in [5, 5.41) is 16.1. The van der Waals surface area contributed by atoms with Gasteiger partial charge < -0.3 is 25.2 Å². The van der Waals surface area contributed by atoms with Gasteiger partial charge in [-0.15, -0.1) is 0 Å². The fourth-order valence-electron chi connectivity index (χ4n) is 2.96. The van der Waals surface area contributed by atoms with Crippen molar-refractivity contribution < 1.29 is 19.4 Å². The molecule has 1 saturated carbocycles. The standard InChI is InChI=1S/C21H28N4O4/c1-12(2)17(11-26)24-21-23-15(13-5-6-13)10-19(25-21)22-16-9-14(20(27)29-4)7-8-18(16)28-3/h7-10,12-13,17,26H,5-6,11H2,1-4H3,(H2,22,23,24,25)/t17-/m1/s1. The number of aliphatic hydroxyl groups is 1. The Hall–Kier alpha value is -2.87. The Bertz CT molecular complexity index is 868. The van der Waals surface area contributed by atoms with Crippen molar-refractivity contribution in [3.05, 3.63) is 35.5 Å². The van der Waals surface area contributed by atoms with E-state index in [0.29, 0.717) is 34.7 Å². The maximum absolute atomic E-state index is 11.9. The zero-order chi connectivity index (χ0) is 21.0. The highest BCUT2D eigenvalue weighted by Gasteiger charge is 2.27. The summed E-state index contributed by atoms with van der Waals surface area (Å²) in [5.41, 5.74) is 1.96. The normalized spacial score (nSPS) is 14.4. The van der Waals surface area contributed by atoms with Gasteiger partial charge >= 0.3 is 5.97 Å². The van der Waals surface area contributed by atoms with Crippen LogP contribution in [0.4, 0.5) is 17.5 Å². The lowest BCUT2D eigenvalue weighted by molar-refractivity contribution is 0.0600. The van der Waals surface area contributed by atoms with Crippen molar-refractivity contribution in [2.24, 2.45) is 5.92 Å². The van der Waals surface area contributed by atoms with Crippen molar-refractivity contribution in [1.82, 2.24) is 9.97 Å². The summed E-state index contributed by atoms with van der Waals surface area (Å²) in [6.45, 7) is 4.05. The molecule has 8 nitrogen and oxygen atoms in total. The zero-order valence-electron chi connectivity index (χ0n) is 17.2. The average molecular weight is 400 g/mol. The molecule has 156 valence electrons. The lowest BCUT2D eigenvalue weighted by atomic mass is 10.1. The Labute approximate surface area is 170 Å². The number of hydrogen-bond donors (Lipinski definition) is 3. The minimum atomic E-state index is -0.429. The molecule has 1 aliphatic rings. The second-order valence-corrected chi connectivity index (χ2v) is 7.48. The molecule has 3 rings (SSSR count). The molecular weight excluding hydrogens is 372 g/mol. The molecule has 1 heterocycles. The van der Waals surface area contributed by atoms with Gasteiger partial charge in [0.25, 0.3) is 0 Å². The monoisotopic (exact) mass is 400 g/mol. The van der Waals surface area contributed by atoms with E-state index in [2.05, 4.69) is 20.6 Å². The van der Waals surface area contributed by atoms with E-state index in [9.17, 15) is 9.90 Å². The second-order valence-electron chi connectivity index (χ2n) is 7.48. The Kier molecular flexibility index (Phi) is 6.53. The van der Waals surface area contributed by atoms with Crippen LogP contribution in [0.2, 0.25) is 0 Å². The van der Waals surface area contributed by atoms with Crippen LogP contribution in [0.15, 0.2) is 24.3 Å². The van der Waals surface area contributed by atoms with Crippen LogP contribution in [-0.4, -0.2) is 47.9 Å². The second kappa shape index (κ2) is 9.09. The van der Waals surface area contributed by atoms with Crippen LogP contribution < -0.4 is 15.4 Å². The van der Waals surface area contributed by atoms with E-state index in [-0.39, 0.29) is 18.6 Å². The number of esters is 1. The van der Waals surface area contributed by atoms with Crippen LogP contribution in [0.25, 0.3) is 0 Å². The molecule has 0 radical (unpaired) electrons. The number of benzene rings is 1. The lowest BCUT2D eigenvalue weighted by Crippen LogP contribution is -2.30. The number of carbonyl (C=O) groups is 1. The number of anilines is 3. The highest BCUT2D eigenvalue weighted by atomic mass is 16.5. The molecule has 0 bridgehead atoms. The van der Waals surface area contributed by atoms with Gasteiger partial charge in [-0.05, 0) is 37.0 Å². The van der Waals surface area contributed by atoms with Crippen LogP contribution in [0.3, 0.4) is 0 Å². The highest BCUT2D eigenvalue weighted by Crippen LogP contribution is 2.40. The smallest absolute Gasteiger partial charge is 0.337 e. The fraction of sp³-hybridized carbons (Fsp3) is 0.476. The average Bonchev–Trinajstić information content (AvgIpc) is 3.56. The van der Waals surface area contributed by atoms with Gasteiger partial charge in [0.2, 0.25) is 5.95 Å². The van der Waals surface area contributed by atoms with E-state index in [0.717, 1.165) is 18.5 Å².